The molecule has 0 aromatic heterocycles. The molecule has 0 aliphatic carbocycles. The maximum Gasteiger partial charge on any atom is 0.341 e. The van der Waals surface area contributed by atoms with Crippen LogP contribution >= 0.6 is 15.8 Å². The number of hydrogen-bond donors (Lipinski definition) is 2. The minimum absolute atomic E-state index is 0. The first-order valence-electron chi connectivity index (χ1n) is 21.3. The molecule has 0 saturated heterocycles. The molecule has 0 aliphatic heterocycles. The van der Waals surface area contributed by atoms with Crippen molar-refractivity contribution in [1.29, 1.82) is 0 Å². The van der Waals surface area contributed by atoms with Gasteiger partial charge in [-0.25, -0.2) is 53.5 Å². The molecule has 18 heteroatoms. The Hall–Kier alpha value is -5.89. The topological polar surface area (TPSA) is 74.6 Å². The summed E-state index contributed by atoms with van der Waals surface area (Å²) in [4.78, 5) is 20.2. The van der Waals surface area contributed by atoms with Crippen molar-refractivity contribution in [2.24, 2.45) is 0 Å². The van der Waals surface area contributed by atoms with Crippen molar-refractivity contribution >= 4 is 59.6 Å². The van der Waals surface area contributed by atoms with Crippen LogP contribution < -0.4 is 31.8 Å². The van der Waals surface area contributed by atoms with Crippen molar-refractivity contribution in [3.05, 3.63) is 248 Å². The summed E-state index contributed by atoms with van der Waals surface area (Å²) in [5, 5.41) is 24.4. The van der Waals surface area contributed by atoms with Gasteiger partial charge < -0.3 is 10.2 Å². The largest absolute Gasteiger partial charge is 0.477 e. The smallest absolute Gasteiger partial charge is 0.341 e. The number of rotatable bonds is 8. The van der Waals surface area contributed by atoms with Crippen LogP contribution in [0.2, 0.25) is 0 Å². The van der Waals surface area contributed by atoms with E-state index in [2.05, 4.69) is 175 Å². The van der Waals surface area contributed by atoms with Gasteiger partial charge in [0.05, 0.1) is 0 Å². The number of carboxylic acids is 2. The molecular weight excluding hydrogens is 1190 g/mol. The number of halogens is 10. The second-order valence-corrected chi connectivity index (χ2v) is 20.4. The molecule has 4 nitrogen and oxygen atoms in total. The molecule has 0 bridgehead atoms. The molecule has 8 aromatic carbocycles. The van der Waals surface area contributed by atoms with Gasteiger partial charge in [-0.05, 0) is 64.8 Å². The van der Waals surface area contributed by atoms with Gasteiger partial charge >= 0.3 is 11.9 Å². The summed E-state index contributed by atoms with van der Waals surface area (Å²) in [7, 11) is -1.09. The van der Waals surface area contributed by atoms with Crippen LogP contribution in [-0.2, 0) is 39.0 Å². The second kappa shape index (κ2) is 28.1. The summed E-state index contributed by atoms with van der Waals surface area (Å²) >= 11 is 0. The monoisotopic (exact) mass is 1240 g/mol. The molecule has 0 saturated carbocycles. The summed E-state index contributed by atoms with van der Waals surface area (Å²) in [6.07, 6.45) is 0. The van der Waals surface area contributed by atoms with Gasteiger partial charge in [0.15, 0.2) is 46.5 Å². The Labute approximate surface area is 449 Å². The van der Waals surface area contributed by atoms with Crippen LogP contribution in [0.15, 0.2) is 133 Å². The van der Waals surface area contributed by atoms with Crippen LogP contribution in [0.3, 0.4) is 0 Å². The van der Waals surface area contributed by atoms with Gasteiger partial charge in [-0.2, -0.15) is 59.7 Å². The first-order valence-corrected chi connectivity index (χ1v) is 24.0. The summed E-state index contributed by atoms with van der Waals surface area (Å²) in [5.74, 6) is -27.7. The van der Waals surface area contributed by atoms with Crippen molar-refractivity contribution in [2.75, 3.05) is 0 Å². The zero-order valence-corrected chi connectivity index (χ0v) is 44.8. The average Bonchev–Trinajstić information content (AvgIpc) is 3.34. The Kier molecular flexibility index (Phi) is 23.7. The number of carboxylic acid groups (broad SMARTS) is 2. The Balaban J connectivity index is 0.000000264. The predicted octanol–water partition coefficient (Wildman–Crippen LogP) is 12.5. The number of benzene rings is 8. The third-order valence-electron chi connectivity index (χ3n) is 10.4. The van der Waals surface area contributed by atoms with Crippen LogP contribution in [-0.4, -0.2) is 22.2 Å². The van der Waals surface area contributed by atoms with E-state index in [1.54, 1.807) is 0 Å². The summed E-state index contributed by atoms with van der Waals surface area (Å²) in [6, 6.07) is 55.5. The minimum Gasteiger partial charge on any atom is -0.477 e. The van der Waals surface area contributed by atoms with Crippen molar-refractivity contribution in [1.82, 2.24) is 0 Å². The standard InChI is InChI=1S/2C21H20P.2C7HF5O2.2Rh/c2*1-16-7-11-19(12-8-16)22(20-13-9-17(2)10-14-20)21-6-4-5-18(3)15-21;2*8-2-1(7(13)14)3(9)5(11)6(12)4(2)10;;/h2*4-5,7-15H,1-3H3;2*(H,13,14);;/q2*-1;;;;. The van der Waals surface area contributed by atoms with Crippen molar-refractivity contribution in [2.45, 2.75) is 41.5 Å². The van der Waals surface area contributed by atoms with Gasteiger partial charge in [0.2, 0.25) is 11.6 Å². The summed E-state index contributed by atoms with van der Waals surface area (Å²) < 4.78 is 124. The molecule has 0 fully saturated rings. The summed E-state index contributed by atoms with van der Waals surface area (Å²) in [5.41, 5.74) is 4.07. The van der Waals surface area contributed by atoms with E-state index in [4.69, 9.17) is 10.2 Å². The molecule has 0 amide bonds. The molecule has 74 heavy (non-hydrogen) atoms. The van der Waals surface area contributed by atoms with E-state index in [1.807, 2.05) is 12.1 Å². The van der Waals surface area contributed by atoms with Crippen LogP contribution in [0, 0.1) is 112 Å². The third-order valence-corrected chi connectivity index (χ3v) is 15.1. The molecule has 2 radical (unpaired) electrons. The fourth-order valence-electron chi connectivity index (χ4n) is 6.60. The van der Waals surface area contributed by atoms with Crippen molar-refractivity contribution in [3.8, 4) is 0 Å². The van der Waals surface area contributed by atoms with Gasteiger partial charge in [0.1, 0.15) is 11.1 Å². The van der Waals surface area contributed by atoms with E-state index in [-0.39, 0.29) is 39.0 Å². The van der Waals surface area contributed by atoms with Crippen LogP contribution in [0.4, 0.5) is 43.9 Å². The molecule has 0 heterocycles. The quantitative estimate of drug-likeness (QED) is 0.0397. The number of hydrogen-bond acceptors (Lipinski definition) is 2. The first-order chi connectivity index (χ1) is 34.0. The van der Waals surface area contributed by atoms with Crippen molar-refractivity contribution in [3.63, 3.8) is 0 Å². The fraction of sp³-hybridized carbons (Fsp3) is 0.107. The Bertz CT molecular complexity index is 2850. The molecule has 2 N–H and O–H groups in total. The molecule has 0 atom stereocenters. The molecule has 390 valence electrons. The van der Waals surface area contributed by atoms with E-state index in [9.17, 15) is 53.5 Å². The Morgan fingerprint density at radius 3 is 0.730 bits per heavy atom. The van der Waals surface area contributed by atoms with Gasteiger partial charge in [-0.3, -0.25) is 0 Å². The average molecular weight is 1240 g/mol. The maximum absolute atomic E-state index is 12.6. The van der Waals surface area contributed by atoms with E-state index < -0.39 is 97.1 Å². The number of carbonyl (C=O) groups is 2. The van der Waals surface area contributed by atoms with Crippen LogP contribution in [0.25, 0.3) is 0 Å². The van der Waals surface area contributed by atoms with Gasteiger partial charge in [-0.1, -0.05) is 133 Å². The molecule has 0 spiro atoms. The Morgan fingerprint density at radius 2 is 0.541 bits per heavy atom. The third kappa shape index (κ3) is 15.6. The van der Waals surface area contributed by atoms with E-state index in [0.29, 0.717) is 0 Å². The van der Waals surface area contributed by atoms with Crippen molar-refractivity contribution < 1.29 is 103 Å². The normalized spacial score (nSPS) is 10.4. The predicted molar refractivity (Wildman–Crippen MR) is 263 cm³/mol. The molecule has 8 aromatic rings. The van der Waals surface area contributed by atoms with Gasteiger partial charge in [0.25, 0.3) is 0 Å². The van der Waals surface area contributed by atoms with E-state index in [1.165, 1.54) is 65.2 Å². The second-order valence-electron chi connectivity index (χ2n) is 16.0. The van der Waals surface area contributed by atoms with E-state index in [0.717, 1.165) is 0 Å². The fourth-order valence-corrected chi connectivity index (χ4v) is 11.2. The molecular formula is C56H42F10O4P2Rh2-2. The zero-order chi connectivity index (χ0) is 53.1. The molecule has 8 rings (SSSR count). The first kappa shape index (κ1) is 62.4. The number of aromatic carboxylic acids is 2. The zero-order valence-electron chi connectivity index (χ0n) is 39.8. The molecule has 0 unspecified atom stereocenters. The van der Waals surface area contributed by atoms with E-state index >= 15 is 0 Å². The minimum atomic E-state index is -2.38. The maximum atomic E-state index is 12.6. The molecule has 0 aliphatic rings. The Morgan fingerprint density at radius 1 is 0.338 bits per heavy atom. The van der Waals surface area contributed by atoms with Crippen LogP contribution in [0.1, 0.15) is 54.1 Å². The van der Waals surface area contributed by atoms with Gasteiger partial charge in [0, 0.05) is 39.0 Å². The SMILES string of the molecule is Cc1ccc(P(c2[c-]ccc(C)c2)c2ccc(C)cc2)cc1.Cc1ccc(P(c2[c-]ccc(C)c2)c2ccc(C)cc2)cc1.O=C(O)c1c(F)c(F)c(F)c(F)c1F.O=C(O)c1c(F)c(F)c(F)c(F)c1F.[Rh].[Rh]. The van der Waals surface area contributed by atoms with Crippen LogP contribution in [0.5, 0.6) is 0 Å². The summed E-state index contributed by atoms with van der Waals surface area (Å²) in [6.45, 7) is 12.8. The van der Waals surface area contributed by atoms with Gasteiger partial charge in [-0.15, -0.1) is 10.6 Å². The number of aryl methyl sites for hydroxylation is 6.